The van der Waals surface area contributed by atoms with Crippen LogP contribution in [-0.2, 0) is 10.0 Å². The largest absolute Gasteiger partial charge is 0.495 e. The Labute approximate surface area is 166 Å². The van der Waals surface area contributed by atoms with E-state index in [0.29, 0.717) is 27.9 Å². The molecule has 0 aliphatic heterocycles. The molecule has 0 bridgehead atoms. The Bertz CT molecular complexity index is 1220. The number of anilines is 1. The summed E-state index contributed by atoms with van der Waals surface area (Å²) in [7, 11) is -2.34. The van der Waals surface area contributed by atoms with Gasteiger partial charge in [-0.2, -0.15) is 0 Å². The van der Waals surface area contributed by atoms with Gasteiger partial charge in [-0.05, 0) is 48.5 Å². The molecule has 0 aliphatic carbocycles. The highest BCUT2D eigenvalue weighted by Crippen LogP contribution is 2.32. The summed E-state index contributed by atoms with van der Waals surface area (Å²) in [6, 6.07) is 12.9. The lowest BCUT2D eigenvalue weighted by Crippen LogP contribution is -2.13. The summed E-state index contributed by atoms with van der Waals surface area (Å²) < 4.78 is 35.1. The summed E-state index contributed by atoms with van der Waals surface area (Å²) in [5, 5.41) is 0.457. The molecule has 0 atom stereocenters. The molecule has 0 amide bonds. The Morgan fingerprint density at radius 1 is 1.14 bits per heavy atom. The third-order valence-electron chi connectivity index (χ3n) is 4.10. The van der Waals surface area contributed by atoms with Crippen molar-refractivity contribution in [2.24, 2.45) is 0 Å². The normalized spacial score (nSPS) is 11.5. The first kappa shape index (κ1) is 18.3. The van der Waals surface area contributed by atoms with Gasteiger partial charge in [0.1, 0.15) is 5.75 Å². The summed E-state index contributed by atoms with van der Waals surface area (Å²) in [5.41, 5.74) is 1.69. The standard InChI is InChI=1S/C19H15ClN4O3S/c1-27-18-8-3-13(17-12-24-10-2-9-21-19(24)22-17)11-16(18)23-28(25,26)15-6-4-14(20)5-7-15/h2-12,23H,1H3. The molecule has 2 heterocycles. The molecule has 0 aliphatic rings. The smallest absolute Gasteiger partial charge is 0.262 e. The van der Waals surface area contributed by atoms with Crippen LogP contribution in [0.15, 0.2) is 72.0 Å². The number of aromatic nitrogens is 3. The lowest BCUT2D eigenvalue weighted by molar-refractivity contribution is 0.417. The fourth-order valence-electron chi connectivity index (χ4n) is 2.73. The lowest BCUT2D eigenvalue weighted by atomic mass is 10.1. The highest BCUT2D eigenvalue weighted by molar-refractivity contribution is 7.92. The highest BCUT2D eigenvalue weighted by atomic mass is 35.5. The summed E-state index contributed by atoms with van der Waals surface area (Å²) in [4.78, 5) is 8.76. The molecule has 0 saturated heterocycles. The fraction of sp³-hybridized carbons (Fsp3) is 0.0526. The SMILES string of the molecule is COc1ccc(-c2cn3cccnc3n2)cc1NS(=O)(=O)c1ccc(Cl)cc1. The second kappa shape index (κ2) is 7.14. The van der Waals surface area contributed by atoms with E-state index in [4.69, 9.17) is 16.3 Å². The van der Waals surface area contributed by atoms with Crippen LogP contribution in [-0.4, -0.2) is 29.9 Å². The average Bonchev–Trinajstić information content (AvgIpc) is 3.12. The van der Waals surface area contributed by atoms with Crippen LogP contribution >= 0.6 is 11.6 Å². The molecule has 0 unspecified atom stereocenters. The van der Waals surface area contributed by atoms with E-state index in [-0.39, 0.29) is 4.90 Å². The van der Waals surface area contributed by atoms with Crippen LogP contribution in [0.2, 0.25) is 5.02 Å². The Morgan fingerprint density at radius 2 is 1.93 bits per heavy atom. The van der Waals surface area contributed by atoms with Gasteiger partial charge in [0.05, 0.1) is 23.4 Å². The number of rotatable bonds is 5. The number of fused-ring (bicyclic) bond motifs is 1. The van der Waals surface area contributed by atoms with Gasteiger partial charge in [0.2, 0.25) is 5.78 Å². The number of hydrogen-bond donors (Lipinski definition) is 1. The minimum absolute atomic E-state index is 0.0984. The van der Waals surface area contributed by atoms with E-state index < -0.39 is 10.0 Å². The maximum atomic E-state index is 12.7. The zero-order valence-corrected chi connectivity index (χ0v) is 16.3. The number of hydrogen-bond acceptors (Lipinski definition) is 5. The first-order valence-corrected chi connectivity index (χ1v) is 10.1. The van der Waals surface area contributed by atoms with Crippen LogP contribution in [0.1, 0.15) is 0 Å². The van der Waals surface area contributed by atoms with Gasteiger partial charge in [-0.25, -0.2) is 18.4 Å². The van der Waals surface area contributed by atoms with Gasteiger partial charge in [-0.15, -0.1) is 0 Å². The van der Waals surface area contributed by atoms with Gasteiger partial charge in [0.15, 0.2) is 0 Å². The summed E-state index contributed by atoms with van der Waals surface area (Å²) in [6.07, 6.45) is 5.32. The first-order chi connectivity index (χ1) is 13.5. The molecule has 28 heavy (non-hydrogen) atoms. The van der Waals surface area contributed by atoms with Crippen molar-refractivity contribution in [1.29, 1.82) is 0 Å². The van der Waals surface area contributed by atoms with Gasteiger partial charge in [0, 0.05) is 29.2 Å². The Balaban J connectivity index is 1.73. The van der Waals surface area contributed by atoms with Crippen molar-refractivity contribution in [2.75, 3.05) is 11.8 Å². The number of nitrogens with one attached hydrogen (secondary N) is 1. The molecule has 0 radical (unpaired) electrons. The van der Waals surface area contributed by atoms with Crippen LogP contribution in [0.25, 0.3) is 17.0 Å². The van der Waals surface area contributed by atoms with E-state index in [1.54, 1.807) is 34.9 Å². The number of nitrogens with zero attached hydrogens (tertiary/aromatic N) is 3. The molecule has 0 fully saturated rings. The van der Waals surface area contributed by atoms with Gasteiger partial charge >= 0.3 is 0 Å². The van der Waals surface area contributed by atoms with Gasteiger partial charge in [0.25, 0.3) is 10.0 Å². The van der Waals surface area contributed by atoms with Crippen molar-refractivity contribution in [3.8, 4) is 17.0 Å². The molecule has 1 N–H and O–H groups in total. The second-order valence-corrected chi connectivity index (χ2v) is 8.05. The van der Waals surface area contributed by atoms with E-state index in [1.807, 2.05) is 12.4 Å². The van der Waals surface area contributed by atoms with Crippen LogP contribution in [0.5, 0.6) is 5.75 Å². The number of methoxy groups -OCH3 is 1. The maximum Gasteiger partial charge on any atom is 0.262 e. The summed E-state index contributed by atoms with van der Waals surface area (Å²) in [5.74, 6) is 0.944. The van der Waals surface area contributed by atoms with E-state index in [2.05, 4.69) is 14.7 Å². The van der Waals surface area contributed by atoms with Crippen molar-refractivity contribution in [3.05, 3.63) is 72.1 Å². The minimum atomic E-state index is -3.81. The minimum Gasteiger partial charge on any atom is -0.495 e. The van der Waals surface area contributed by atoms with Crippen molar-refractivity contribution in [1.82, 2.24) is 14.4 Å². The maximum absolute atomic E-state index is 12.7. The Morgan fingerprint density at radius 3 is 2.64 bits per heavy atom. The second-order valence-electron chi connectivity index (χ2n) is 5.93. The van der Waals surface area contributed by atoms with Gasteiger partial charge < -0.3 is 4.74 Å². The molecule has 7 nitrogen and oxygen atoms in total. The number of sulfonamides is 1. The summed E-state index contributed by atoms with van der Waals surface area (Å²) >= 11 is 5.84. The fourth-order valence-corrected chi connectivity index (χ4v) is 3.92. The van der Waals surface area contributed by atoms with Crippen LogP contribution in [0, 0.1) is 0 Å². The van der Waals surface area contributed by atoms with Gasteiger partial charge in [-0.1, -0.05) is 11.6 Å². The monoisotopic (exact) mass is 414 g/mol. The molecule has 2 aromatic carbocycles. The van der Waals surface area contributed by atoms with E-state index in [9.17, 15) is 8.42 Å². The molecule has 2 aromatic heterocycles. The van der Waals surface area contributed by atoms with Crippen LogP contribution in [0.3, 0.4) is 0 Å². The van der Waals surface area contributed by atoms with E-state index >= 15 is 0 Å². The average molecular weight is 415 g/mol. The molecule has 4 aromatic rings. The van der Waals surface area contributed by atoms with Crippen molar-refractivity contribution in [2.45, 2.75) is 4.90 Å². The van der Waals surface area contributed by atoms with E-state index in [1.165, 1.54) is 31.4 Å². The number of ether oxygens (including phenoxy) is 1. The topological polar surface area (TPSA) is 85.6 Å². The quantitative estimate of drug-likeness (QED) is 0.536. The number of benzene rings is 2. The zero-order chi connectivity index (χ0) is 19.7. The number of halogens is 1. The predicted octanol–water partition coefficient (Wildman–Crippen LogP) is 3.86. The van der Waals surface area contributed by atoms with Crippen molar-refractivity contribution in [3.63, 3.8) is 0 Å². The molecular weight excluding hydrogens is 400 g/mol. The first-order valence-electron chi connectivity index (χ1n) is 8.23. The van der Waals surface area contributed by atoms with E-state index in [0.717, 1.165) is 5.56 Å². The third-order valence-corrected chi connectivity index (χ3v) is 5.73. The third kappa shape index (κ3) is 3.51. The zero-order valence-electron chi connectivity index (χ0n) is 14.7. The molecule has 4 rings (SSSR count). The molecule has 9 heteroatoms. The Hall–Kier alpha value is -3.10. The molecule has 0 spiro atoms. The Kier molecular flexibility index (Phi) is 4.66. The van der Waals surface area contributed by atoms with Crippen LogP contribution < -0.4 is 9.46 Å². The molecule has 142 valence electrons. The number of imidazole rings is 1. The van der Waals surface area contributed by atoms with Crippen molar-refractivity contribution >= 4 is 33.1 Å². The van der Waals surface area contributed by atoms with Crippen molar-refractivity contribution < 1.29 is 13.2 Å². The highest BCUT2D eigenvalue weighted by Gasteiger charge is 2.18. The van der Waals surface area contributed by atoms with Gasteiger partial charge in [-0.3, -0.25) is 9.12 Å². The van der Waals surface area contributed by atoms with Crippen LogP contribution in [0.4, 0.5) is 5.69 Å². The lowest BCUT2D eigenvalue weighted by Gasteiger charge is -2.13. The molecular formula is C19H15ClN4O3S. The predicted molar refractivity (Wildman–Crippen MR) is 107 cm³/mol. The summed E-state index contributed by atoms with van der Waals surface area (Å²) in [6.45, 7) is 0. The molecule has 0 saturated carbocycles.